The van der Waals surface area contributed by atoms with Gasteiger partial charge in [-0.2, -0.15) is 45.9 Å². The number of nitro groups is 1. The van der Waals surface area contributed by atoms with Crippen LogP contribution in [0.3, 0.4) is 0 Å². The number of hydrogen-bond donors (Lipinski definition) is 1. The standard InChI is InChI=1S/C11H15F3N4O2.C11H6F3N3O4.C6H14N2O/c1-8(19)16(2)4-5-17(3)10(20)18-7-9(6-15-18)11(12,13)14;12-11(13,14)7-5-15-16(6-7)10(18)21-9-3-1-8(2-4-9)17(19)20;1-6(9)8(3)5-4-7-2/h6-7H,4-5H2,1-3H3;1-6H;7H,4-5H2,1-3H3. The van der Waals surface area contributed by atoms with Crippen LogP contribution in [0.15, 0.2) is 49.1 Å². The van der Waals surface area contributed by atoms with Crippen LogP contribution in [0.5, 0.6) is 5.75 Å². The third-order valence-corrected chi connectivity index (χ3v) is 6.33. The van der Waals surface area contributed by atoms with Gasteiger partial charge in [0.1, 0.15) is 5.75 Å². The Bertz CT molecular complexity index is 1590. The first-order valence-electron chi connectivity index (χ1n) is 14.1. The number of nitrogens with zero attached hydrogens (tertiary/aromatic N) is 8. The van der Waals surface area contributed by atoms with Crippen LogP contribution >= 0.6 is 0 Å². The SMILES string of the molecule is CC(=O)N(C)CCN(C)C(=O)n1cc(C(F)(F)F)cn1.CNCCN(C)C(C)=O.O=C(Oc1ccc([N+](=O)[O-])cc1)n1cc(C(F)(F)F)cn1. The van der Waals surface area contributed by atoms with E-state index in [1.54, 1.807) is 25.9 Å². The Hall–Kier alpha value is -5.54. The smallest absolute Gasteiger partial charge is 0.409 e. The normalized spacial score (nSPS) is 10.9. The highest BCUT2D eigenvalue weighted by Crippen LogP contribution is 2.29. The lowest BCUT2D eigenvalue weighted by Crippen LogP contribution is -2.38. The lowest BCUT2D eigenvalue weighted by atomic mass is 10.3. The number of non-ortho nitro benzene ring substituents is 1. The van der Waals surface area contributed by atoms with Crippen molar-refractivity contribution in [2.45, 2.75) is 26.2 Å². The summed E-state index contributed by atoms with van der Waals surface area (Å²) in [4.78, 5) is 59.0. The largest absolute Gasteiger partial charge is 0.440 e. The van der Waals surface area contributed by atoms with Crippen molar-refractivity contribution >= 4 is 29.6 Å². The number of halogens is 6. The number of rotatable bonds is 8. The van der Waals surface area contributed by atoms with E-state index < -0.39 is 40.5 Å². The number of benzene rings is 1. The predicted molar refractivity (Wildman–Crippen MR) is 163 cm³/mol. The molecule has 1 aromatic carbocycles. The molecule has 0 saturated heterocycles. The quantitative estimate of drug-likeness (QED) is 0.204. The van der Waals surface area contributed by atoms with Crippen molar-refractivity contribution in [3.8, 4) is 5.75 Å². The number of ether oxygens (including phenoxy) is 1. The number of carbonyl (C=O) groups is 4. The van der Waals surface area contributed by atoms with Crippen LogP contribution in [0, 0.1) is 10.1 Å². The van der Waals surface area contributed by atoms with Crippen LogP contribution in [-0.2, 0) is 21.9 Å². The molecule has 2 aromatic heterocycles. The summed E-state index contributed by atoms with van der Waals surface area (Å²) >= 11 is 0. The Morgan fingerprint density at radius 1 is 0.800 bits per heavy atom. The molecule has 276 valence electrons. The van der Waals surface area contributed by atoms with Crippen LogP contribution < -0.4 is 10.1 Å². The third kappa shape index (κ3) is 14.3. The Labute approximate surface area is 281 Å². The second-order valence-corrected chi connectivity index (χ2v) is 10.2. The summed E-state index contributed by atoms with van der Waals surface area (Å²) in [6.07, 6.45) is -8.14. The average molecular weight is 724 g/mol. The van der Waals surface area contributed by atoms with E-state index in [0.29, 0.717) is 34.2 Å². The number of carbonyl (C=O) groups excluding carboxylic acids is 4. The second kappa shape index (κ2) is 18.9. The molecular weight excluding hydrogens is 688 g/mol. The zero-order valence-corrected chi connectivity index (χ0v) is 27.7. The first kappa shape index (κ1) is 42.5. The Kier molecular flexibility index (Phi) is 16.0. The van der Waals surface area contributed by atoms with Gasteiger partial charge in [-0.05, 0) is 19.2 Å². The Balaban J connectivity index is 0.000000405. The molecule has 3 amide bonds. The molecule has 22 heteroatoms. The first-order chi connectivity index (χ1) is 23.1. The molecular formula is C28H35F6N9O7. The van der Waals surface area contributed by atoms with E-state index in [1.807, 2.05) is 7.05 Å². The second-order valence-electron chi connectivity index (χ2n) is 10.2. The molecule has 0 aliphatic heterocycles. The van der Waals surface area contributed by atoms with Crippen LogP contribution in [-0.4, -0.2) is 117 Å². The molecule has 3 aromatic rings. The first-order valence-corrected chi connectivity index (χ1v) is 14.1. The summed E-state index contributed by atoms with van der Waals surface area (Å²) in [7, 11) is 6.65. The van der Waals surface area contributed by atoms with Gasteiger partial charge in [-0.15, -0.1) is 0 Å². The number of likely N-dealkylation sites (N-methyl/N-ethyl adjacent to an activating group) is 4. The number of alkyl halides is 6. The van der Waals surface area contributed by atoms with Crippen LogP contribution in [0.4, 0.5) is 41.6 Å². The average Bonchev–Trinajstić information content (AvgIpc) is 3.74. The molecule has 2 heterocycles. The maximum absolute atomic E-state index is 12.4. The van der Waals surface area contributed by atoms with Gasteiger partial charge in [0.15, 0.2) is 0 Å². The van der Waals surface area contributed by atoms with Gasteiger partial charge < -0.3 is 24.8 Å². The van der Waals surface area contributed by atoms with Gasteiger partial charge in [-0.1, -0.05) is 0 Å². The highest BCUT2D eigenvalue weighted by Gasteiger charge is 2.34. The zero-order chi connectivity index (χ0) is 38.4. The van der Waals surface area contributed by atoms with E-state index in [-0.39, 0.29) is 36.3 Å². The summed E-state index contributed by atoms with van der Waals surface area (Å²) in [5.74, 6) is -0.107. The van der Waals surface area contributed by atoms with E-state index in [9.17, 15) is 55.6 Å². The van der Waals surface area contributed by atoms with Crippen LogP contribution in [0.2, 0.25) is 0 Å². The molecule has 0 atom stereocenters. The molecule has 0 saturated carbocycles. The third-order valence-electron chi connectivity index (χ3n) is 6.33. The summed E-state index contributed by atoms with van der Waals surface area (Å²) in [6, 6.07) is 3.77. The molecule has 0 unspecified atom stereocenters. The van der Waals surface area contributed by atoms with E-state index in [1.165, 1.54) is 23.8 Å². The molecule has 0 aliphatic rings. The van der Waals surface area contributed by atoms with Gasteiger partial charge in [0.25, 0.3) is 5.69 Å². The fourth-order valence-corrected chi connectivity index (χ4v) is 3.09. The monoisotopic (exact) mass is 723 g/mol. The van der Waals surface area contributed by atoms with Crippen molar-refractivity contribution in [3.05, 3.63) is 70.3 Å². The molecule has 0 aliphatic carbocycles. The van der Waals surface area contributed by atoms with Crippen LogP contribution in [0.25, 0.3) is 0 Å². The highest BCUT2D eigenvalue weighted by molar-refractivity contribution is 5.76. The number of nitrogens with one attached hydrogen (secondary N) is 1. The zero-order valence-electron chi connectivity index (χ0n) is 27.7. The highest BCUT2D eigenvalue weighted by atomic mass is 19.4. The van der Waals surface area contributed by atoms with E-state index in [0.717, 1.165) is 37.4 Å². The van der Waals surface area contributed by atoms with Gasteiger partial charge >= 0.3 is 24.5 Å². The fourth-order valence-electron chi connectivity index (χ4n) is 3.09. The van der Waals surface area contributed by atoms with Crippen LogP contribution in [0.1, 0.15) is 25.0 Å². The van der Waals surface area contributed by atoms with Crippen molar-refractivity contribution < 1.29 is 55.2 Å². The molecule has 50 heavy (non-hydrogen) atoms. The number of nitro benzene ring substituents is 1. The maximum Gasteiger partial charge on any atom is 0.440 e. The van der Waals surface area contributed by atoms with Crippen molar-refractivity contribution in [1.82, 2.24) is 39.6 Å². The topological polar surface area (TPSA) is 178 Å². The Morgan fingerprint density at radius 3 is 1.66 bits per heavy atom. The van der Waals surface area contributed by atoms with Crippen molar-refractivity contribution in [1.29, 1.82) is 0 Å². The minimum Gasteiger partial charge on any atom is -0.409 e. The predicted octanol–water partition coefficient (Wildman–Crippen LogP) is 3.82. The number of aromatic nitrogens is 4. The number of hydrogen-bond acceptors (Lipinski definition) is 10. The van der Waals surface area contributed by atoms with Gasteiger partial charge in [0, 0.05) is 85.7 Å². The van der Waals surface area contributed by atoms with E-state index in [2.05, 4.69) is 15.5 Å². The minimum atomic E-state index is -4.62. The molecule has 3 rings (SSSR count). The molecule has 0 spiro atoms. The number of amides is 3. The minimum absolute atomic E-state index is 0.0605. The molecule has 1 N–H and O–H groups in total. The lowest BCUT2D eigenvalue weighted by Gasteiger charge is -2.21. The summed E-state index contributed by atoms with van der Waals surface area (Å²) < 4.78 is 79.9. The van der Waals surface area contributed by atoms with Gasteiger partial charge in [-0.25, -0.2) is 9.59 Å². The van der Waals surface area contributed by atoms with Crippen molar-refractivity contribution in [2.75, 3.05) is 54.4 Å². The molecule has 16 nitrogen and oxygen atoms in total. The van der Waals surface area contributed by atoms with Gasteiger partial charge in [0.2, 0.25) is 11.8 Å². The Morgan fingerprint density at radius 2 is 1.24 bits per heavy atom. The molecule has 0 fully saturated rings. The molecule has 0 bridgehead atoms. The molecule has 0 radical (unpaired) electrons. The van der Waals surface area contributed by atoms with Crippen molar-refractivity contribution in [3.63, 3.8) is 0 Å². The fraction of sp³-hybridized carbons (Fsp3) is 0.429. The summed E-state index contributed by atoms with van der Waals surface area (Å²) in [5.41, 5.74) is -2.29. The lowest BCUT2D eigenvalue weighted by molar-refractivity contribution is -0.384. The maximum atomic E-state index is 12.4. The van der Waals surface area contributed by atoms with E-state index >= 15 is 0 Å². The van der Waals surface area contributed by atoms with Crippen molar-refractivity contribution in [2.24, 2.45) is 0 Å². The van der Waals surface area contributed by atoms with Gasteiger partial charge in [-0.3, -0.25) is 19.7 Å². The summed E-state index contributed by atoms with van der Waals surface area (Å²) in [6.45, 7) is 5.06. The van der Waals surface area contributed by atoms with Gasteiger partial charge in [0.05, 0.1) is 28.4 Å². The van der Waals surface area contributed by atoms with E-state index in [4.69, 9.17) is 4.74 Å². The summed E-state index contributed by atoms with van der Waals surface area (Å²) in [5, 5.41) is 20.0.